The van der Waals surface area contributed by atoms with Crippen molar-refractivity contribution in [3.63, 3.8) is 0 Å². The molecule has 0 aliphatic carbocycles. The van der Waals surface area contributed by atoms with Crippen molar-refractivity contribution >= 4 is 33.4 Å². The summed E-state index contributed by atoms with van der Waals surface area (Å²) in [5.41, 5.74) is 0.577. The standard InChI is InChI=1S/C11H10BrNO3/c1-16-7-2-3-9(8(12)6-7)13-10(14)4-5-11(13)15/h2-3,6H,4-5H2,1H3. The van der Waals surface area contributed by atoms with Crippen LogP contribution in [-0.4, -0.2) is 18.9 Å². The van der Waals surface area contributed by atoms with E-state index in [2.05, 4.69) is 15.9 Å². The van der Waals surface area contributed by atoms with Gasteiger partial charge >= 0.3 is 0 Å². The number of rotatable bonds is 2. The summed E-state index contributed by atoms with van der Waals surface area (Å²) in [7, 11) is 1.56. The van der Waals surface area contributed by atoms with Gasteiger partial charge in [-0.1, -0.05) is 0 Å². The molecule has 0 saturated carbocycles. The summed E-state index contributed by atoms with van der Waals surface area (Å²) in [6.07, 6.45) is 0.578. The lowest BCUT2D eigenvalue weighted by atomic mass is 10.3. The van der Waals surface area contributed by atoms with Gasteiger partial charge in [0.05, 0.1) is 12.8 Å². The van der Waals surface area contributed by atoms with Crippen LogP contribution in [0.5, 0.6) is 5.75 Å². The van der Waals surface area contributed by atoms with Crippen molar-refractivity contribution in [1.82, 2.24) is 0 Å². The summed E-state index contributed by atoms with van der Waals surface area (Å²) in [5, 5.41) is 0. The van der Waals surface area contributed by atoms with Gasteiger partial charge in [-0.3, -0.25) is 9.59 Å². The molecule has 1 aliphatic rings. The molecule has 0 aromatic heterocycles. The highest BCUT2D eigenvalue weighted by atomic mass is 79.9. The predicted molar refractivity (Wildman–Crippen MR) is 62.4 cm³/mol. The summed E-state index contributed by atoms with van der Waals surface area (Å²) in [6, 6.07) is 5.15. The molecule has 1 aliphatic heterocycles. The third-order valence-electron chi connectivity index (χ3n) is 2.45. The predicted octanol–water partition coefficient (Wildman–Crippen LogP) is 2.11. The molecule has 2 amide bonds. The van der Waals surface area contributed by atoms with E-state index in [1.54, 1.807) is 25.3 Å². The number of carbonyl (C=O) groups excluding carboxylic acids is 2. The van der Waals surface area contributed by atoms with Gasteiger partial charge in [0.2, 0.25) is 11.8 Å². The Hall–Kier alpha value is -1.36. The minimum absolute atomic E-state index is 0.157. The molecule has 0 atom stereocenters. The molecule has 4 nitrogen and oxygen atoms in total. The Morgan fingerprint density at radius 3 is 2.38 bits per heavy atom. The zero-order valence-electron chi connectivity index (χ0n) is 8.70. The quantitative estimate of drug-likeness (QED) is 0.781. The molecule has 0 unspecified atom stereocenters. The van der Waals surface area contributed by atoms with Crippen LogP contribution in [0.4, 0.5) is 5.69 Å². The van der Waals surface area contributed by atoms with E-state index in [1.807, 2.05) is 0 Å². The molecular formula is C11H10BrNO3. The Morgan fingerprint density at radius 2 is 1.88 bits per heavy atom. The van der Waals surface area contributed by atoms with Crippen LogP contribution in [0.3, 0.4) is 0 Å². The van der Waals surface area contributed by atoms with Gasteiger partial charge in [-0.2, -0.15) is 0 Å². The van der Waals surface area contributed by atoms with Gasteiger partial charge in [0.1, 0.15) is 5.75 Å². The lowest BCUT2D eigenvalue weighted by molar-refractivity contribution is -0.121. The van der Waals surface area contributed by atoms with E-state index in [0.717, 1.165) is 0 Å². The Kier molecular flexibility index (Phi) is 2.96. The zero-order chi connectivity index (χ0) is 11.7. The van der Waals surface area contributed by atoms with Crippen LogP contribution in [0.1, 0.15) is 12.8 Å². The Morgan fingerprint density at radius 1 is 1.25 bits per heavy atom. The average Bonchev–Trinajstić information content (AvgIpc) is 2.59. The Balaban J connectivity index is 2.40. The molecule has 16 heavy (non-hydrogen) atoms. The van der Waals surface area contributed by atoms with Crippen molar-refractivity contribution < 1.29 is 14.3 Å². The first kappa shape index (κ1) is 11.1. The van der Waals surface area contributed by atoms with Gasteiger partial charge in [-0.25, -0.2) is 4.90 Å². The molecule has 1 saturated heterocycles. The van der Waals surface area contributed by atoms with Gasteiger partial charge in [-0.05, 0) is 34.1 Å². The van der Waals surface area contributed by atoms with Gasteiger partial charge < -0.3 is 4.74 Å². The van der Waals surface area contributed by atoms with E-state index in [4.69, 9.17) is 4.74 Å². The fourth-order valence-electron chi connectivity index (χ4n) is 1.64. The number of ether oxygens (including phenoxy) is 1. The third kappa shape index (κ3) is 1.82. The van der Waals surface area contributed by atoms with Crippen LogP contribution in [0, 0.1) is 0 Å². The second-order valence-corrected chi connectivity index (χ2v) is 4.29. The minimum atomic E-state index is -0.157. The summed E-state index contributed by atoms with van der Waals surface area (Å²) in [6.45, 7) is 0. The maximum Gasteiger partial charge on any atom is 0.234 e. The summed E-state index contributed by atoms with van der Waals surface area (Å²) in [4.78, 5) is 24.3. The molecule has 2 rings (SSSR count). The normalized spacial score (nSPS) is 15.8. The highest BCUT2D eigenvalue weighted by molar-refractivity contribution is 9.10. The molecule has 0 bridgehead atoms. The van der Waals surface area contributed by atoms with E-state index in [-0.39, 0.29) is 24.7 Å². The lowest BCUT2D eigenvalue weighted by Gasteiger charge is -2.16. The second-order valence-electron chi connectivity index (χ2n) is 3.44. The fourth-order valence-corrected chi connectivity index (χ4v) is 2.18. The largest absolute Gasteiger partial charge is 0.497 e. The molecule has 1 heterocycles. The number of nitrogens with zero attached hydrogens (tertiary/aromatic N) is 1. The lowest BCUT2D eigenvalue weighted by Crippen LogP contribution is -2.28. The Bertz CT molecular complexity index is 443. The first-order valence-corrected chi connectivity index (χ1v) is 5.62. The van der Waals surface area contributed by atoms with Crippen molar-refractivity contribution in [2.75, 3.05) is 12.0 Å². The van der Waals surface area contributed by atoms with Crippen molar-refractivity contribution in [1.29, 1.82) is 0 Å². The average molecular weight is 284 g/mol. The monoisotopic (exact) mass is 283 g/mol. The van der Waals surface area contributed by atoms with Crippen LogP contribution >= 0.6 is 15.9 Å². The summed E-state index contributed by atoms with van der Waals surface area (Å²) in [5.74, 6) is 0.362. The number of anilines is 1. The smallest absolute Gasteiger partial charge is 0.234 e. The second kappa shape index (κ2) is 4.25. The number of carbonyl (C=O) groups is 2. The molecule has 0 spiro atoms. The topological polar surface area (TPSA) is 46.6 Å². The van der Waals surface area contributed by atoms with Crippen molar-refractivity contribution in [3.05, 3.63) is 22.7 Å². The molecule has 84 valence electrons. The number of halogens is 1. The summed E-state index contributed by atoms with van der Waals surface area (Å²) >= 11 is 3.33. The van der Waals surface area contributed by atoms with E-state index >= 15 is 0 Å². The molecule has 1 fully saturated rings. The molecule has 1 aromatic carbocycles. The number of methoxy groups -OCH3 is 1. The fraction of sp³-hybridized carbons (Fsp3) is 0.273. The molecular weight excluding hydrogens is 274 g/mol. The number of hydrogen-bond acceptors (Lipinski definition) is 3. The van der Waals surface area contributed by atoms with E-state index in [9.17, 15) is 9.59 Å². The SMILES string of the molecule is COc1ccc(N2C(=O)CCC2=O)c(Br)c1. The van der Waals surface area contributed by atoms with Crippen molar-refractivity contribution in [2.24, 2.45) is 0 Å². The van der Waals surface area contributed by atoms with Crippen molar-refractivity contribution in [3.8, 4) is 5.75 Å². The Labute approximate surface area is 101 Å². The third-order valence-corrected chi connectivity index (χ3v) is 3.08. The number of amides is 2. The maximum atomic E-state index is 11.5. The highest BCUT2D eigenvalue weighted by Crippen LogP contribution is 2.33. The van der Waals surface area contributed by atoms with Gasteiger partial charge in [0, 0.05) is 17.3 Å². The maximum absolute atomic E-state index is 11.5. The van der Waals surface area contributed by atoms with Gasteiger partial charge in [0.15, 0.2) is 0 Å². The van der Waals surface area contributed by atoms with Crippen molar-refractivity contribution in [2.45, 2.75) is 12.8 Å². The van der Waals surface area contributed by atoms with Crippen LogP contribution in [-0.2, 0) is 9.59 Å². The number of imide groups is 1. The molecule has 0 N–H and O–H groups in total. The first-order valence-electron chi connectivity index (χ1n) is 4.83. The summed E-state index contributed by atoms with van der Waals surface area (Å²) < 4.78 is 5.72. The van der Waals surface area contributed by atoms with E-state index in [0.29, 0.717) is 15.9 Å². The van der Waals surface area contributed by atoms with Crippen LogP contribution in [0.2, 0.25) is 0 Å². The number of benzene rings is 1. The molecule has 0 radical (unpaired) electrons. The first-order chi connectivity index (χ1) is 7.63. The number of hydrogen-bond donors (Lipinski definition) is 0. The zero-order valence-corrected chi connectivity index (χ0v) is 10.3. The molecule has 1 aromatic rings. The van der Waals surface area contributed by atoms with E-state index < -0.39 is 0 Å². The van der Waals surface area contributed by atoms with Gasteiger partial charge in [-0.15, -0.1) is 0 Å². The van der Waals surface area contributed by atoms with E-state index in [1.165, 1.54) is 4.90 Å². The van der Waals surface area contributed by atoms with Crippen LogP contribution < -0.4 is 9.64 Å². The van der Waals surface area contributed by atoms with Gasteiger partial charge in [0.25, 0.3) is 0 Å². The van der Waals surface area contributed by atoms with Crippen LogP contribution in [0.25, 0.3) is 0 Å². The highest BCUT2D eigenvalue weighted by Gasteiger charge is 2.31. The minimum Gasteiger partial charge on any atom is -0.497 e. The molecule has 5 heteroatoms. The van der Waals surface area contributed by atoms with Crippen LogP contribution in [0.15, 0.2) is 22.7 Å².